The molecular weight excluding hydrogens is 416 g/mol. The van der Waals surface area contributed by atoms with E-state index in [1.54, 1.807) is 0 Å². The van der Waals surface area contributed by atoms with E-state index in [-0.39, 0.29) is 12.1 Å². The van der Waals surface area contributed by atoms with Crippen molar-refractivity contribution in [3.8, 4) is 22.6 Å². The van der Waals surface area contributed by atoms with Crippen molar-refractivity contribution in [1.82, 2.24) is 15.1 Å². The average Bonchev–Trinajstić information content (AvgIpc) is 3.33. The van der Waals surface area contributed by atoms with Crippen LogP contribution in [-0.4, -0.2) is 34.6 Å². The van der Waals surface area contributed by atoms with Gasteiger partial charge >= 0.3 is 5.76 Å². The summed E-state index contributed by atoms with van der Waals surface area (Å²) in [5.74, 6) is -0.357. The standard InChI is InChI=1S/C23H23ClN4O3/c1-3-4-9-20-27(2)21(24)19(14-29)28(20)16-12-10-15(11-13-16)17-7-5-6-8-18(17)22-25-26-23(30)31-22/h5-8,10-14,20H,3-4,9H2,1-2H3,(H,26,30). The largest absolute Gasteiger partial charge is 0.434 e. The van der Waals surface area contributed by atoms with Gasteiger partial charge in [0.15, 0.2) is 6.29 Å². The maximum absolute atomic E-state index is 11.8. The molecule has 1 unspecified atom stereocenters. The van der Waals surface area contributed by atoms with Gasteiger partial charge in [0.1, 0.15) is 17.0 Å². The van der Waals surface area contributed by atoms with Crippen LogP contribution in [0.2, 0.25) is 0 Å². The lowest BCUT2D eigenvalue weighted by molar-refractivity contribution is -0.105. The quantitative estimate of drug-likeness (QED) is 0.429. The summed E-state index contributed by atoms with van der Waals surface area (Å²) in [5.41, 5.74) is 3.89. The van der Waals surface area contributed by atoms with Crippen molar-refractivity contribution in [3.63, 3.8) is 0 Å². The molecule has 0 saturated carbocycles. The molecule has 1 aliphatic heterocycles. The van der Waals surface area contributed by atoms with E-state index in [0.29, 0.717) is 16.4 Å². The molecule has 0 fully saturated rings. The number of H-pyrrole nitrogens is 1. The van der Waals surface area contributed by atoms with Gasteiger partial charge in [-0.25, -0.2) is 9.89 Å². The van der Waals surface area contributed by atoms with Crippen molar-refractivity contribution in [1.29, 1.82) is 0 Å². The lowest BCUT2D eigenvalue weighted by Gasteiger charge is -2.32. The van der Waals surface area contributed by atoms with Crippen LogP contribution in [0.1, 0.15) is 26.2 Å². The third-order valence-electron chi connectivity index (χ3n) is 5.51. The highest BCUT2D eigenvalue weighted by Gasteiger charge is 2.35. The fourth-order valence-corrected chi connectivity index (χ4v) is 4.19. The van der Waals surface area contributed by atoms with E-state index < -0.39 is 5.76 Å². The van der Waals surface area contributed by atoms with E-state index in [2.05, 4.69) is 17.1 Å². The maximum Gasteiger partial charge on any atom is 0.434 e. The zero-order valence-corrected chi connectivity index (χ0v) is 18.1. The second-order valence-corrected chi connectivity index (χ2v) is 7.77. The van der Waals surface area contributed by atoms with E-state index in [4.69, 9.17) is 16.0 Å². The summed E-state index contributed by atoms with van der Waals surface area (Å²) in [6, 6.07) is 15.5. The predicted octanol–water partition coefficient (Wildman–Crippen LogP) is 4.57. The number of carbonyl (C=O) groups excluding carboxylic acids is 1. The molecule has 1 N–H and O–H groups in total. The number of anilines is 1. The van der Waals surface area contributed by atoms with E-state index in [1.165, 1.54) is 0 Å². The molecule has 31 heavy (non-hydrogen) atoms. The molecule has 0 amide bonds. The second kappa shape index (κ2) is 8.81. The molecule has 160 valence electrons. The lowest BCUT2D eigenvalue weighted by atomic mass is 9.99. The van der Waals surface area contributed by atoms with E-state index in [1.807, 2.05) is 65.4 Å². The number of allylic oxidation sites excluding steroid dienone is 1. The predicted molar refractivity (Wildman–Crippen MR) is 120 cm³/mol. The summed E-state index contributed by atoms with van der Waals surface area (Å²) < 4.78 is 5.14. The molecule has 7 nitrogen and oxygen atoms in total. The van der Waals surface area contributed by atoms with Crippen molar-refractivity contribution in [3.05, 3.63) is 69.9 Å². The summed E-state index contributed by atoms with van der Waals surface area (Å²) >= 11 is 6.45. The highest BCUT2D eigenvalue weighted by atomic mass is 35.5. The van der Waals surface area contributed by atoms with Gasteiger partial charge in [-0.1, -0.05) is 55.3 Å². The number of aromatic nitrogens is 2. The first-order chi connectivity index (χ1) is 15.0. The van der Waals surface area contributed by atoms with Crippen LogP contribution in [0.3, 0.4) is 0 Å². The molecule has 2 aromatic carbocycles. The number of nitrogens with one attached hydrogen (secondary N) is 1. The number of carbonyl (C=O) groups is 1. The summed E-state index contributed by atoms with van der Waals surface area (Å²) in [6.07, 6.45) is 3.79. The molecule has 0 spiro atoms. The van der Waals surface area contributed by atoms with Crippen LogP contribution in [-0.2, 0) is 4.79 Å². The SMILES string of the molecule is CCCCC1N(C)C(Cl)=C(C=O)N1c1ccc(-c2ccccc2-c2n[nH]c(=O)o2)cc1. The molecule has 8 heteroatoms. The monoisotopic (exact) mass is 438 g/mol. The first-order valence-corrected chi connectivity index (χ1v) is 10.5. The van der Waals surface area contributed by atoms with Crippen LogP contribution >= 0.6 is 11.6 Å². The number of nitrogens with zero attached hydrogens (tertiary/aromatic N) is 3. The fraction of sp³-hybridized carbons (Fsp3) is 0.261. The minimum absolute atomic E-state index is 0.0101. The molecule has 1 aliphatic rings. The Hall–Kier alpha value is -3.32. The average molecular weight is 439 g/mol. The summed E-state index contributed by atoms with van der Waals surface area (Å²) in [4.78, 5) is 27.1. The molecule has 1 aromatic heterocycles. The molecule has 0 aliphatic carbocycles. The Bertz CT molecular complexity index is 1170. The third kappa shape index (κ3) is 3.88. The smallest absolute Gasteiger partial charge is 0.388 e. The normalized spacial score (nSPS) is 16.3. The Kier molecular flexibility index (Phi) is 5.95. The van der Waals surface area contributed by atoms with Crippen LogP contribution in [0, 0.1) is 0 Å². The van der Waals surface area contributed by atoms with Crippen molar-refractivity contribution in [2.75, 3.05) is 11.9 Å². The molecule has 3 aromatic rings. The third-order valence-corrected chi connectivity index (χ3v) is 5.97. The van der Waals surface area contributed by atoms with Crippen molar-refractivity contribution in [2.24, 2.45) is 0 Å². The van der Waals surface area contributed by atoms with Crippen LogP contribution in [0.15, 0.2) is 68.6 Å². The van der Waals surface area contributed by atoms with Crippen molar-refractivity contribution >= 4 is 23.6 Å². The summed E-state index contributed by atoms with van der Waals surface area (Å²) in [5, 5.41) is 6.71. The number of aldehydes is 1. The van der Waals surface area contributed by atoms with Crippen LogP contribution in [0.4, 0.5) is 5.69 Å². The zero-order chi connectivity index (χ0) is 22.0. The van der Waals surface area contributed by atoms with Gasteiger partial charge in [-0.3, -0.25) is 4.79 Å². The fourth-order valence-electron chi connectivity index (χ4n) is 3.94. The first-order valence-electron chi connectivity index (χ1n) is 10.2. The Morgan fingerprint density at radius 2 is 1.87 bits per heavy atom. The molecule has 0 saturated heterocycles. The summed E-state index contributed by atoms with van der Waals surface area (Å²) in [7, 11) is 1.91. The van der Waals surface area contributed by atoms with Gasteiger partial charge in [0.2, 0.25) is 5.89 Å². The number of unbranched alkanes of at least 4 members (excludes halogenated alkanes) is 1. The van der Waals surface area contributed by atoms with Gasteiger partial charge in [0, 0.05) is 18.3 Å². The van der Waals surface area contributed by atoms with Gasteiger partial charge in [0.05, 0.1) is 0 Å². The highest BCUT2D eigenvalue weighted by molar-refractivity contribution is 6.31. The Balaban J connectivity index is 1.70. The van der Waals surface area contributed by atoms with Crippen LogP contribution in [0.5, 0.6) is 0 Å². The number of hydrogen-bond donors (Lipinski definition) is 1. The number of benzene rings is 2. The first kappa shape index (κ1) is 20.9. The van der Waals surface area contributed by atoms with Crippen molar-refractivity contribution in [2.45, 2.75) is 32.4 Å². The Labute approximate surface area is 184 Å². The minimum atomic E-state index is -0.596. The zero-order valence-electron chi connectivity index (χ0n) is 17.3. The molecule has 2 heterocycles. The van der Waals surface area contributed by atoms with E-state index in [0.717, 1.165) is 42.4 Å². The number of aromatic amines is 1. The second-order valence-electron chi connectivity index (χ2n) is 7.41. The van der Waals surface area contributed by atoms with E-state index in [9.17, 15) is 9.59 Å². The molecule has 0 bridgehead atoms. The molecule has 4 rings (SSSR count). The summed E-state index contributed by atoms with van der Waals surface area (Å²) in [6.45, 7) is 2.14. The van der Waals surface area contributed by atoms with Crippen LogP contribution in [0.25, 0.3) is 22.6 Å². The topological polar surface area (TPSA) is 82.4 Å². The van der Waals surface area contributed by atoms with Crippen LogP contribution < -0.4 is 10.7 Å². The Morgan fingerprint density at radius 3 is 2.48 bits per heavy atom. The minimum Gasteiger partial charge on any atom is -0.388 e. The van der Waals surface area contributed by atoms with Gasteiger partial charge in [-0.15, -0.1) is 5.10 Å². The Morgan fingerprint density at radius 1 is 1.16 bits per heavy atom. The number of rotatable bonds is 7. The van der Waals surface area contributed by atoms with Gasteiger partial charge < -0.3 is 14.2 Å². The van der Waals surface area contributed by atoms with Gasteiger partial charge in [-0.2, -0.15) is 0 Å². The number of halogens is 1. The highest BCUT2D eigenvalue weighted by Crippen LogP contribution is 2.38. The molecule has 0 radical (unpaired) electrons. The maximum atomic E-state index is 11.8. The van der Waals surface area contributed by atoms with Gasteiger partial charge in [-0.05, 0) is 42.2 Å². The number of hydrogen-bond acceptors (Lipinski definition) is 6. The molecule has 1 atom stereocenters. The van der Waals surface area contributed by atoms with Crippen molar-refractivity contribution < 1.29 is 9.21 Å². The lowest BCUT2D eigenvalue weighted by Crippen LogP contribution is -2.38. The van der Waals surface area contributed by atoms with Gasteiger partial charge in [0.25, 0.3) is 0 Å². The molecular formula is C23H23ClN4O3. The van der Waals surface area contributed by atoms with E-state index >= 15 is 0 Å².